The first-order valence-corrected chi connectivity index (χ1v) is 6.18. The number of para-hydroxylation sites is 1. The molecule has 2 aromatic carbocycles. The summed E-state index contributed by atoms with van der Waals surface area (Å²) in [4.78, 5) is 21.6. The van der Waals surface area contributed by atoms with Crippen LogP contribution >= 0.6 is 0 Å². The summed E-state index contributed by atoms with van der Waals surface area (Å²) < 4.78 is 5.45. The highest BCUT2D eigenvalue weighted by atomic mass is 16.6. The van der Waals surface area contributed by atoms with Crippen LogP contribution in [0.4, 0.5) is 5.69 Å². The quantitative estimate of drug-likeness (QED) is 0.673. The van der Waals surface area contributed by atoms with E-state index in [1.807, 2.05) is 6.92 Å². The van der Waals surface area contributed by atoms with Crippen LogP contribution in [0.15, 0.2) is 42.5 Å². The molecular formula is C15H13NO5. The third kappa shape index (κ3) is 3.36. The molecule has 0 spiro atoms. The molecule has 0 unspecified atom stereocenters. The Labute approximate surface area is 120 Å². The highest BCUT2D eigenvalue weighted by molar-refractivity contribution is 5.90. The lowest BCUT2D eigenvalue weighted by molar-refractivity contribution is -0.385. The highest BCUT2D eigenvalue weighted by Gasteiger charge is 2.16. The molecule has 0 saturated carbocycles. The van der Waals surface area contributed by atoms with Crippen LogP contribution in [-0.2, 0) is 6.61 Å². The molecule has 0 bridgehead atoms. The molecule has 1 N–H and O–H groups in total. The summed E-state index contributed by atoms with van der Waals surface area (Å²) in [5, 5.41) is 20.0. The molecule has 108 valence electrons. The Morgan fingerprint density at radius 3 is 2.67 bits per heavy atom. The van der Waals surface area contributed by atoms with Gasteiger partial charge in [0.15, 0.2) is 0 Å². The molecule has 0 aliphatic carbocycles. The zero-order valence-corrected chi connectivity index (χ0v) is 11.3. The predicted octanol–water partition coefficient (Wildman–Crippen LogP) is 3.18. The van der Waals surface area contributed by atoms with Crippen LogP contribution in [0.2, 0.25) is 0 Å². The van der Waals surface area contributed by atoms with Gasteiger partial charge >= 0.3 is 5.97 Å². The summed E-state index contributed by atoms with van der Waals surface area (Å²) in [5.41, 5.74) is 1.24. The Morgan fingerprint density at radius 2 is 2.00 bits per heavy atom. The molecule has 0 aliphatic rings. The number of nitro groups is 1. The largest absolute Gasteiger partial charge is 0.488 e. The molecule has 0 atom stereocenters. The predicted molar refractivity (Wildman–Crippen MR) is 75.6 cm³/mol. The van der Waals surface area contributed by atoms with Crippen molar-refractivity contribution in [2.24, 2.45) is 0 Å². The Hall–Kier alpha value is -2.89. The van der Waals surface area contributed by atoms with Gasteiger partial charge in [0.1, 0.15) is 17.9 Å². The molecule has 0 fully saturated rings. The number of hydrogen-bond acceptors (Lipinski definition) is 4. The minimum Gasteiger partial charge on any atom is -0.488 e. The Bertz CT molecular complexity index is 696. The molecule has 6 nitrogen and oxygen atoms in total. The maximum absolute atomic E-state index is 11.1. The van der Waals surface area contributed by atoms with Crippen molar-refractivity contribution in [3.63, 3.8) is 0 Å². The molecule has 21 heavy (non-hydrogen) atoms. The number of nitro benzene ring substituents is 1. The van der Waals surface area contributed by atoms with E-state index in [2.05, 4.69) is 0 Å². The minimum absolute atomic E-state index is 0.0211. The van der Waals surface area contributed by atoms with Crippen molar-refractivity contribution in [3.05, 3.63) is 69.3 Å². The summed E-state index contributed by atoms with van der Waals surface area (Å²) in [6.07, 6.45) is 0. The molecule has 6 heteroatoms. The van der Waals surface area contributed by atoms with Crippen LogP contribution in [0.1, 0.15) is 21.5 Å². The fourth-order valence-corrected chi connectivity index (χ4v) is 1.93. The van der Waals surface area contributed by atoms with Gasteiger partial charge in [0.2, 0.25) is 0 Å². The summed E-state index contributed by atoms with van der Waals surface area (Å²) in [6.45, 7) is 1.75. The number of hydrogen-bond donors (Lipinski definition) is 1. The van der Waals surface area contributed by atoms with Gasteiger partial charge < -0.3 is 9.84 Å². The van der Waals surface area contributed by atoms with Gasteiger partial charge in [-0.25, -0.2) is 4.79 Å². The van der Waals surface area contributed by atoms with Crippen molar-refractivity contribution in [1.82, 2.24) is 0 Å². The van der Waals surface area contributed by atoms with E-state index >= 15 is 0 Å². The number of aromatic carboxylic acids is 1. The van der Waals surface area contributed by atoms with Crippen LogP contribution in [0, 0.1) is 17.0 Å². The van der Waals surface area contributed by atoms with Gasteiger partial charge in [-0.3, -0.25) is 10.1 Å². The van der Waals surface area contributed by atoms with Crippen molar-refractivity contribution in [1.29, 1.82) is 0 Å². The molecule has 2 aromatic rings. The molecule has 0 saturated heterocycles. The van der Waals surface area contributed by atoms with Crippen molar-refractivity contribution < 1.29 is 19.6 Å². The number of carboxylic acid groups (broad SMARTS) is 1. The second-order valence-electron chi connectivity index (χ2n) is 4.48. The van der Waals surface area contributed by atoms with E-state index in [1.165, 1.54) is 18.2 Å². The van der Waals surface area contributed by atoms with E-state index in [-0.39, 0.29) is 23.6 Å². The maximum atomic E-state index is 11.1. The molecule has 0 aliphatic heterocycles. The molecule has 0 aromatic heterocycles. The number of nitrogens with zero attached hydrogens (tertiary/aromatic N) is 1. The first-order chi connectivity index (χ1) is 9.99. The summed E-state index contributed by atoms with van der Waals surface area (Å²) in [5.74, 6) is -0.926. The van der Waals surface area contributed by atoms with Gasteiger partial charge in [-0.1, -0.05) is 23.8 Å². The third-order valence-electron chi connectivity index (χ3n) is 2.93. The van der Waals surface area contributed by atoms with Gasteiger partial charge in [-0.05, 0) is 25.1 Å². The number of aryl methyl sites for hydroxylation is 1. The number of carbonyl (C=O) groups is 1. The first kappa shape index (κ1) is 14.5. The fraction of sp³-hybridized carbons (Fsp3) is 0.133. The number of benzene rings is 2. The minimum atomic E-state index is -1.11. The Balaban J connectivity index is 2.27. The monoisotopic (exact) mass is 287 g/mol. The fourth-order valence-electron chi connectivity index (χ4n) is 1.93. The smallest absolute Gasteiger partial charge is 0.339 e. The van der Waals surface area contributed by atoms with E-state index in [4.69, 9.17) is 9.84 Å². The van der Waals surface area contributed by atoms with Crippen molar-refractivity contribution in [2.45, 2.75) is 13.5 Å². The third-order valence-corrected chi connectivity index (χ3v) is 2.93. The number of ether oxygens (including phenoxy) is 1. The second kappa shape index (κ2) is 6.04. The lowest BCUT2D eigenvalue weighted by Crippen LogP contribution is -2.05. The highest BCUT2D eigenvalue weighted by Crippen LogP contribution is 2.24. The average Bonchev–Trinajstić information content (AvgIpc) is 2.45. The zero-order chi connectivity index (χ0) is 15.4. The van der Waals surface area contributed by atoms with Gasteiger partial charge in [-0.15, -0.1) is 0 Å². The molecule has 2 rings (SSSR count). The molecular weight excluding hydrogens is 274 g/mol. The van der Waals surface area contributed by atoms with E-state index in [0.29, 0.717) is 5.56 Å². The van der Waals surface area contributed by atoms with Crippen molar-refractivity contribution in [3.8, 4) is 5.75 Å². The van der Waals surface area contributed by atoms with Crippen LogP contribution in [-0.4, -0.2) is 16.0 Å². The van der Waals surface area contributed by atoms with Gasteiger partial charge in [0.05, 0.1) is 10.5 Å². The Kier molecular flexibility index (Phi) is 4.18. The van der Waals surface area contributed by atoms with E-state index < -0.39 is 10.9 Å². The summed E-state index contributed by atoms with van der Waals surface area (Å²) in [6, 6.07) is 10.9. The van der Waals surface area contributed by atoms with Crippen LogP contribution < -0.4 is 4.74 Å². The summed E-state index contributed by atoms with van der Waals surface area (Å²) in [7, 11) is 0. The topological polar surface area (TPSA) is 89.7 Å². The second-order valence-corrected chi connectivity index (χ2v) is 4.48. The van der Waals surface area contributed by atoms with Crippen molar-refractivity contribution >= 4 is 11.7 Å². The van der Waals surface area contributed by atoms with Gasteiger partial charge in [-0.2, -0.15) is 0 Å². The normalized spacial score (nSPS) is 10.1. The first-order valence-electron chi connectivity index (χ1n) is 6.18. The standard InChI is InChI=1S/C15H13NO5/c1-10-6-7-13(16(19)20)11(8-10)9-21-14-5-3-2-4-12(14)15(17)18/h2-8H,9H2,1H3,(H,17,18). The van der Waals surface area contributed by atoms with Gasteiger partial charge in [0.25, 0.3) is 5.69 Å². The van der Waals surface area contributed by atoms with Crippen LogP contribution in [0.3, 0.4) is 0 Å². The van der Waals surface area contributed by atoms with E-state index in [0.717, 1.165) is 5.56 Å². The van der Waals surface area contributed by atoms with Gasteiger partial charge in [0, 0.05) is 6.07 Å². The van der Waals surface area contributed by atoms with E-state index in [1.54, 1.807) is 24.3 Å². The zero-order valence-electron chi connectivity index (χ0n) is 11.3. The average molecular weight is 287 g/mol. The number of carboxylic acids is 1. The molecule has 0 radical (unpaired) electrons. The SMILES string of the molecule is Cc1ccc([N+](=O)[O-])c(COc2ccccc2C(=O)O)c1. The van der Waals surface area contributed by atoms with Crippen LogP contribution in [0.25, 0.3) is 0 Å². The molecule has 0 amide bonds. The summed E-state index contributed by atoms with van der Waals surface area (Å²) >= 11 is 0. The lowest BCUT2D eigenvalue weighted by Gasteiger charge is -2.09. The number of rotatable bonds is 5. The lowest BCUT2D eigenvalue weighted by atomic mass is 10.1. The molecule has 0 heterocycles. The van der Waals surface area contributed by atoms with E-state index in [9.17, 15) is 14.9 Å². The van der Waals surface area contributed by atoms with Crippen LogP contribution in [0.5, 0.6) is 5.75 Å². The Morgan fingerprint density at radius 1 is 1.29 bits per heavy atom. The van der Waals surface area contributed by atoms with Crippen molar-refractivity contribution in [2.75, 3.05) is 0 Å². The maximum Gasteiger partial charge on any atom is 0.339 e.